The van der Waals surface area contributed by atoms with Gasteiger partial charge in [-0.05, 0) is 121 Å². The van der Waals surface area contributed by atoms with Crippen molar-refractivity contribution < 1.29 is 56.3 Å². The molecule has 7 heterocycles. The maximum absolute atomic E-state index is 14.2. The molecule has 0 bridgehead atoms. The normalized spacial score (nSPS) is 18.1. The van der Waals surface area contributed by atoms with Gasteiger partial charge >= 0.3 is 0 Å². The molecule has 2 aromatic heterocycles. The fourth-order valence-electron chi connectivity index (χ4n) is 12.3. The number of anilines is 2. The molecule has 0 saturated carbocycles. The summed E-state index contributed by atoms with van der Waals surface area (Å²) >= 11 is 6.36. The minimum atomic E-state index is -4.65. The van der Waals surface area contributed by atoms with Crippen molar-refractivity contribution in [3.05, 3.63) is 165 Å². The van der Waals surface area contributed by atoms with Crippen LogP contribution in [0.2, 0.25) is 5.02 Å². The van der Waals surface area contributed by atoms with Gasteiger partial charge in [0.2, 0.25) is 17.7 Å². The van der Waals surface area contributed by atoms with Crippen LogP contribution in [0.4, 0.5) is 17.1 Å². The number of benzene rings is 5. The molecule has 0 aliphatic carbocycles. The van der Waals surface area contributed by atoms with E-state index in [9.17, 15) is 47.3 Å². The summed E-state index contributed by atoms with van der Waals surface area (Å²) in [4.78, 5) is 106. The smallest absolute Gasteiger partial charge is 0.293 e. The van der Waals surface area contributed by atoms with Crippen molar-refractivity contribution in [1.82, 2.24) is 34.7 Å². The number of likely N-dealkylation sites (tertiary alicyclic amines) is 1. The van der Waals surface area contributed by atoms with Crippen LogP contribution in [0.1, 0.15) is 86.8 Å². The molecule has 0 spiro atoms. The lowest BCUT2D eigenvalue weighted by molar-refractivity contribution is -0.384. The van der Waals surface area contributed by atoms with E-state index in [1.165, 1.54) is 30.5 Å². The summed E-state index contributed by atoms with van der Waals surface area (Å²) in [7, 11) is -4.65. The number of carbonyl (C=O) groups excluding carboxylic acids is 6. The lowest BCUT2D eigenvalue weighted by Crippen LogP contribution is -2.54. The number of sulfonamides is 1. The van der Waals surface area contributed by atoms with Crippen LogP contribution in [0.5, 0.6) is 17.2 Å². The Balaban J connectivity index is 0.712. The van der Waals surface area contributed by atoms with Crippen molar-refractivity contribution >= 4 is 85.2 Å². The third-order valence-electron chi connectivity index (χ3n) is 17.3. The number of rotatable bonds is 19. The number of fused-ring (bicyclic) bond motifs is 2. The number of hydrogen-bond acceptors (Lipinski definition) is 18. The van der Waals surface area contributed by atoms with Gasteiger partial charge in [0.1, 0.15) is 40.7 Å². The number of imide groups is 2. The number of carbonyl (C=O) groups is 6. The summed E-state index contributed by atoms with van der Waals surface area (Å²) in [6, 6.07) is 27.6. The number of aromatic nitrogens is 2. The van der Waals surface area contributed by atoms with E-state index in [-0.39, 0.29) is 64.1 Å². The Morgan fingerprint density at radius 2 is 1.59 bits per heavy atom. The Hall–Kier alpha value is -9.27. The molecule has 4 fully saturated rings. The number of pyridine rings is 1. The highest BCUT2D eigenvalue weighted by molar-refractivity contribution is 7.90. The van der Waals surface area contributed by atoms with E-state index in [1.807, 2.05) is 48.5 Å². The molecule has 6 amide bonds. The molecule has 12 rings (SSSR count). The molecule has 4 saturated heterocycles. The first-order valence-corrected chi connectivity index (χ1v) is 31.6. The van der Waals surface area contributed by atoms with Gasteiger partial charge in [0.05, 0.1) is 39.3 Å². The molecule has 2 atom stereocenters. The number of nitro groups is 1. The zero-order valence-electron chi connectivity index (χ0n) is 48.7. The molecule has 466 valence electrons. The van der Waals surface area contributed by atoms with Gasteiger partial charge in [0.15, 0.2) is 0 Å². The summed E-state index contributed by atoms with van der Waals surface area (Å²) < 4.78 is 48.4. The van der Waals surface area contributed by atoms with Gasteiger partial charge in [-0.25, -0.2) is 18.1 Å². The van der Waals surface area contributed by atoms with E-state index >= 15 is 0 Å². The van der Waals surface area contributed by atoms with Gasteiger partial charge in [-0.2, -0.15) is 0 Å². The number of nitro benzene ring substituents is 1. The predicted octanol–water partition coefficient (Wildman–Crippen LogP) is 7.58. The van der Waals surface area contributed by atoms with E-state index in [1.54, 1.807) is 41.4 Å². The molecule has 0 radical (unpaired) electrons. The third-order valence-corrected chi connectivity index (χ3v) is 18.9. The Labute approximate surface area is 522 Å². The summed E-state index contributed by atoms with van der Waals surface area (Å²) in [5, 5.41) is 18.9. The van der Waals surface area contributed by atoms with Crippen LogP contribution in [0, 0.1) is 22.0 Å². The standard InChI is InChI=1S/C64H64ClN11O13S/c65-42-9-7-40(8-10-42)46-3-2-6-54(88-37-39-18-23-74(24-19-39)64(82)58(66)48-4-1-5-49-57(48)63(81)75(62(49)80)52-15-16-56(77)70-61(52)79)50(46)36-72-25-27-73(28-26-72)43-11-13-47(55(32-43)89-44-31-41-17-22-67-59(41)69-35-44)60(78)71-90(85,86)45-12-14-51(53(33-45)76(83)84)68-34-38-20-29-87-30-21-38/h1-14,17,22,31-33,35,38-39,52,58,68H,15-16,18-21,23-30,34,36-37,66H2,(H,67,69)(H,71,78)(H,70,77,79). The number of nitrogens with zero attached hydrogens (tertiary/aromatic N) is 6. The Bertz CT molecular complexity index is 4090. The zero-order chi connectivity index (χ0) is 62.8. The first kappa shape index (κ1) is 61.0. The summed E-state index contributed by atoms with van der Waals surface area (Å²) in [5.74, 6) is -2.73. The van der Waals surface area contributed by atoms with Crippen LogP contribution in [-0.2, 0) is 35.7 Å². The first-order chi connectivity index (χ1) is 43.5. The molecule has 7 aromatic rings. The van der Waals surface area contributed by atoms with Crippen LogP contribution in [0.25, 0.3) is 22.2 Å². The van der Waals surface area contributed by atoms with Gasteiger partial charge < -0.3 is 40.0 Å². The molecule has 5 aliphatic rings. The molecule has 5 aliphatic heterocycles. The molecule has 2 unspecified atom stereocenters. The number of hydrogen-bond donors (Lipinski definition) is 5. The highest BCUT2D eigenvalue weighted by Crippen LogP contribution is 2.38. The molecule has 90 heavy (non-hydrogen) atoms. The molecule has 24 nitrogen and oxygen atoms in total. The van der Waals surface area contributed by atoms with Crippen LogP contribution in [-0.4, -0.2) is 145 Å². The highest BCUT2D eigenvalue weighted by atomic mass is 35.5. The highest BCUT2D eigenvalue weighted by Gasteiger charge is 2.47. The van der Waals surface area contributed by atoms with Crippen LogP contribution < -0.4 is 35.5 Å². The number of H-pyrrole nitrogens is 1. The lowest BCUT2D eigenvalue weighted by Gasteiger charge is -2.37. The summed E-state index contributed by atoms with van der Waals surface area (Å²) in [6.07, 6.45) is 5.97. The van der Waals surface area contributed by atoms with Crippen LogP contribution in [0.3, 0.4) is 0 Å². The number of aromatic amines is 1. The second-order valence-corrected chi connectivity index (χ2v) is 25.1. The van der Waals surface area contributed by atoms with E-state index in [0.29, 0.717) is 107 Å². The third kappa shape index (κ3) is 12.9. The van der Waals surface area contributed by atoms with Crippen molar-refractivity contribution in [2.75, 3.05) is 75.9 Å². The Kier molecular flexibility index (Phi) is 17.7. The van der Waals surface area contributed by atoms with Crippen molar-refractivity contribution in [2.45, 2.75) is 62.0 Å². The fourth-order valence-corrected chi connectivity index (χ4v) is 13.4. The number of nitrogens with one attached hydrogen (secondary N) is 4. The quantitative estimate of drug-likeness (QED) is 0.0296. The number of amides is 6. The maximum atomic E-state index is 14.2. The number of piperazine rings is 1. The SMILES string of the molecule is NC(C(=O)N1CCC(COc2cccc(-c3ccc(Cl)cc3)c2CN2CCN(c3ccc(C(=O)NS(=O)(=O)c4ccc(NCC5CCOCC5)c([N+](=O)[O-])c4)c(Oc4cnc5[nH]ccc5c4)c3)CC2)CC1)c1cccc2c1C(=O)N(C1CCC(=O)NC1=O)C2=O. The van der Waals surface area contributed by atoms with Crippen molar-refractivity contribution in [3.63, 3.8) is 0 Å². The van der Waals surface area contributed by atoms with Gasteiger partial charge in [-0.1, -0.05) is 48.0 Å². The predicted molar refractivity (Wildman–Crippen MR) is 332 cm³/mol. The number of piperidine rings is 2. The molecule has 26 heteroatoms. The molecule has 6 N–H and O–H groups in total. The second kappa shape index (κ2) is 26.1. The Morgan fingerprint density at radius 3 is 2.34 bits per heavy atom. The van der Waals surface area contributed by atoms with Gasteiger partial charge in [-0.15, -0.1) is 0 Å². The van der Waals surface area contributed by atoms with E-state index in [2.05, 4.69) is 35.1 Å². The summed E-state index contributed by atoms with van der Waals surface area (Å²) in [6.45, 7) is 5.58. The first-order valence-electron chi connectivity index (χ1n) is 29.8. The number of nitrogens with two attached hydrogens (primary N) is 1. The van der Waals surface area contributed by atoms with Gasteiger partial charge in [0, 0.05) is 112 Å². The molecular weight excluding hydrogens is 1200 g/mol. The Morgan fingerprint density at radius 1 is 0.833 bits per heavy atom. The minimum absolute atomic E-state index is 0.00632. The van der Waals surface area contributed by atoms with E-state index in [4.69, 9.17) is 31.5 Å². The van der Waals surface area contributed by atoms with E-state index in [0.717, 1.165) is 45.9 Å². The van der Waals surface area contributed by atoms with Crippen molar-refractivity contribution in [1.29, 1.82) is 0 Å². The van der Waals surface area contributed by atoms with Crippen LogP contribution in [0.15, 0.2) is 126 Å². The van der Waals surface area contributed by atoms with Gasteiger partial charge in [-0.3, -0.25) is 54.0 Å². The van der Waals surface area contributed by atoms with Gasteiger partial charge in [0.25, 0.3) is 33.4 Å². The minimum Gasteiger partial charge on any atom is -0.493 e. The monoisotopic (exact) mass is 1260 g/mol. The van der Waals surface area contributed by atoms with Crippen molar-refractivity contribution in [3.8, 4) is 28.4 Å². The number of ether oxygens (including phenoxy) is 3. The average Bonchev–Trinajstić information content (AvgIpc) is 1.67. The maximum Gasteiger partial charge on any atom is 0.293 e. The van der Waals surface area contributed by atoms with Crippen LogP contribution >= 0.6 is 11.6 Å². The summed E-state index contributed by atoms with van der Waals surface area (Å²) in [5.41, 5.74) is 10.6. The average molecular weight is 1260 g/mol. The topological polar surface area (TPSA) is 311 Å². The molecule has 5 aromatic carbocycles. The second-order valence-electron chi connectivity index (χ2n) is 23.0. The number of halogens is 1. The van der Waals surface area contributed by atoms with Crippen molar-refractivity contribution in [2.24, 2.45) is 17.6 Å². The largest absolute Gasteiger partial charge is 0.493 e. The lowest BCUT2D eigenvalue weighted by atomic mass is 9.94. The molecular formula is C64H64ClN11O13S. The zero-order valence-corrected chi connectivity index (χ0v) is 50.3. The van der Waals surface area contributed by atoms with E-state index < -0.39 is 73.1 Å². The fraction of sp³-hybridized carbons (Fsp3) is 0.328.